The van der Waals surface area contributed by atoms with Crippen LogP contribution < -0.4 is 5.32 Å². The molecule has 0 aromatic carbocycles. The van der Waals surface area contributed by atoms with E-state index in [-0.39, 0.29) is 5.60 Å². The Hall–Kier alpha value is -1.62. The summed E-state index contributed by atoms with van der Waals surface area (Å²) in [6, 6.07) is 1.93. The first-order valence-electron chi connectivity index (χ1n) is 5.78. The van der Waals surface area contributed by atoms with Crippen molar-refractivity contribution in [3.63, 3.8) is 0 Å². The van der Waals surface area contributed by atoms with E-state index in [9.17, 15) is 0 Å². The van der Waals surface area contributed by atoms with Gasteiger partial charge in [0.15, 0.2) is 5.82 Å². The summed E-state index contributed by atoms with van der Waals surface area (Å²) in [5.41, 5.74) is 0.767. The Morgan fingerprint density at radius 1 is 1.41 bits per heavy atom. The average Bonchev–Trinajstić information content (AvgIpc) is 2.74. The Labute approximate surface area is 101 Å². The van der Waals surface area contributed by atoms with Crippen LogP contribution in [0.25, 0.3) is 5.52 Å². The number of nitrogens with one attached hydrogen (secondary N) is 1. The van der Waals surface area contributed by atoms with Crippen LogP contribution in [0.5, 0.6) is 0 Å². The van der Waals surface area contributed by atoms with Crippen LogP contribution in [0.2, 0.25) is 0 Å². The number of anilines is 1. The predicted octanol–water partition coefficient (Wildman–Crippen LogP) is 1.96. The molecular formula is C12H18N4O. The number of aromatic nitrogens is 3. The minimum atomic E-state index is -0.205. The molecule has 0 aliphatic rings. The summed E-state index contributed by atoms with van der Waals surface area (Å²) in [6.45, 7) is 7.52. The summed E-state index contributed by atoms with van der Waals surface area (Å²) in [4.78, 5) is 4.31. The summed E-state index contributed by atoms with van der Waals surface area (Å²) >= 11 is 0. The van der Waals surface area contributed by atoms with Crippen LogP contribution in [0.15, 0.2) is 24.7 Å². The molecule has 2 aromatic rings. The van der Waals surface area contributed by atoms with E-state index in [4.69, 9.17) is 4.74 Å². The third kappa shape index (κ3) is 2.74. The lowest BCUT2D eigenvalue weighted by atomic mass is 10.1. The lowest BCUT2D eigenvalue weighted by molar-refractivity contribution is 0.000660. The Morgan fingerprint density at radius 3 is 3.00 bits per heavy atom. The second-order valence-corrected chi connectivity index (χ2v) is 4.48. The Morgan fingerprint density at radius 2 is 2.24 bits per heavy atom. The van der Waals surface area contributed by atoms with Crippen molar-refractivity contribution in [3.05, 3.63) is 24.7 Å². The fraction of sp³-hybridized carbons (Fsp3) is 0.500. The van der Waals surface area contributed by atoms with Crippen LogP contribution in [0.4, 0.5) is 5.82 Å². The van der Waals surface area contributed by atoms with Crippen LogP contribution in [0.1, 0.15) is 20.8 Å². The Kier molecular flexibility index (Phi) is 3.28. The quantitative estimate of drug-likeness (QED) is 0.859. The second kappa shape index (κ2) is 4.71. The minimum Gasteiger partial charge on any atom is -0.374 e. The highest BCUT2D eigenvalue weighted by Crippen LogP contribution is 2.15. The van der Waals surface area contributed by atoms with Gasteiger partial charge < -0.3 is 10.1 Å². The van der Waals surface area contributed by atoms with E-state index in [1.165, 1.54) is 0 Å². The lowest BCUT2D eigenvalue weighted by Crippen LogP contribution is -2.33. The standard InChI is InChI=1S/C12H18N4O/c1-4-17-12(2,3)9-14-11-10-5-6-15-16(10)8-7-13-11/h5-8H,4,9H2,1-3H3,(H,13,14). The molecule has 0 aliphatic heterocycles. The van der Waals surface area contributed by atoms with Crippen molar-refractivity contribution in [1.29, 1.82) is 0 Å². The van der Waals surface area contributed by atoms with Gasteiger partial charge in [-0.2, -0.15) is 5.10 Å². The molecule has 0 spiro atoms. The maximum atomic E-state index is 5.63. The predicted molar refractivity (Wildman–Crippen MR) is 67.2 cm³/mol. The highest BCUT2D eigenvalue weighted by Gasteiger charge is 2.17. The van der Waals surface area contributed by atoms with Gasteiger partial charge >= 0.3 is 0 Å². The smallest absolute Gasteiger partial charge is 0.152 e. The first-order chi connectivity index (χ1) is 8.12. The van der Waals surface area contributed by atoms with Gasteiger partial charge in [0.25, 0.3) is 0 Å². The van der Waals surface area contributed by atoms with Crippen molar-refractivity contribution < 1.29 is 4.74 Å². The molecule has 0 saturated carbocycles. The molecule has 5 heteroatoms. The third-order valence-electron chi connectivity index (χ3n) is 2.54. The van der Waals surface area contributed by atoms with Crippen molar-refractivity contribution in [1.82, 2.24) is 14.6 Å². The largest absolute Gasteiger partial charge is 0.374 e. The Balaban J connectivity index is 2.11. The fourth-order valence-corrected chi connectivity index (χ4v) is 1.73. The van der Waals surface area contributed by atoms with E-state index in [0.717, 1.165) is 11.3 Å². The van der Waals surface area contributed by atoms with Crippen LogP contribution in [-0.4, -0.2) is 33.4 Å². The van der Waals surface area contributed by atoms with Gasteiger partial charge in [-0.05, 0) is 26.8 Å². The maximum absolute atomic E-state index is 5.63. The third-order valence-corrected chi connectivity index (χ3v) is 2.54. The SMILES string of the molecule is CCOC(C)(C)CNc1nccn2nccc12. The van der Waals surface area contributed by atoms with E-state index in [1.54, 1.807) is 16.9 Å². The molecule has 5 nitrogen and oxygen atoms in total. The second-order valence-electron chi connectivity index (χ2n) is 4.48. The van der Waals surface area contributed by atoms with Crippen LogP contribution >= 0.6 is 0 Å². The number of fused-ring (bicyclic) bond motifs is 1. The van der Waals surface area contributed by atoms with E-state index in [1.807, 2.05) is 19.2 Å². The molecule has 0 radical (unpaired) electrons. The molecule has 0 fully saturated rings. The number of hydrogen-bond donors (Lipinski definition) is 1. The zero-order valence-electron chi connectivity index (χ0n) is 10.5. The molecule has 92 valence electrons. The number of ether oxygens (including phenoxy) is 1. The highest BCUT2D eigenvalue weighted by atomic mass is 16.5. The van der Waals surface area contributed by atoms with Gasteiger partial charge in [0.2, 0.25) is 0 Å². The molecule has 0 unspecified atom stereocenters. The number of rotatable bonds is 5. The van der Waals surface area contributed by atoms with Gasteiger partial charge in [0.1, 0.15) is 5.52 Å². The van der Waals surface area contributed by atoms with E-state index in [2.05, 4.69) is 29.2 Å². The summed E-state index contributed by atoms with van der Waals surface area (Å²) in [5, 5.41) is 7.47. The summed E-state index contributed by atoms with van der Waals surface area (Å²) in [6.07, 6.45) is 5.32. The number of hydrogen-bond acceptors (Lipinski definition) is 4. The van der Waals surface area contributed by atoms with Gasteiger partial charge in [0.05, 0.1) is 11.8 Å². The maximum Gasteiger partial charge on any atom is 0.152 e. The number of nitrogens with zero attached hydrogens (tertiary/aromatic N) is 3. The Bertz CT molecular complexity index is 492. The van der Waals surface area contributed by atoms with Crippen molar-refractivity contribution in [2.24, 2.45) is 0 Å². The first-order valence-corrected chi connectivity index (χ1v) is 5.78. The molecule has 17 heavy (non-hydrogen) atoms. The van der Waals surface area contributed by atoms with Gasteiger partial charge in [-0.3, -0.25) is 0 Å². The molecule has 1 N–H and O–H groups in total. The van der Waals surface area contributed by atoms with Gasteiger partial charge in [-0.1, -0.05) is 0 Å². The molecule has 2 heterocycles. The van der Waals surface area contributed by atoms with Crippen LogP contribution in [0, 0.1) is 0 Å². The molecule has 0 aliphatic carbocycles. The summed E-state index contributed by atoms with van der Waals surface area (Å²) in [5.74, 6) is 0.831. The van der Waals surface area contributed by atoms with E-state index >= 15 is 0 Å². The molecule has 2 rings (SSSR count). The lowest BCUT2D eigenvalue weighted by Gasteiger charge is -2.25. The van der Waals surface area contributed by atoms with E-state index < -0.39 is 0 Å². The van der Waals surface area contributed by atoms with Gasteiger partial charge in [-0.15, -0.1) is 0 Å². The minimum absolute atomic E-state index is 0.205. The summed E-state index contributed by atoms with van der Waals surface area (Å²) in [7, 11) is 0. The first kappa shape index (κ1) is 11.9. The van der Waals surface area contributed by atoms with Gasteiger partial charge in [0, 0.05) is 25.5 Å². The zero-order valence-corrected chi connectivity index (χ0v) is 10.5. The van der Waals surface area contributed by atoms with Gasteiger partial charge in [-0.25, -0.2) is 9.50 Å². The van der Waals surface area contributed by atoms with Crippen molar-refractivity contribution >= 4 is 11.3 Å². The summed E-state index contributed by atoms with van der Waals surface area (Å²) < 4.78 is 7.43. The van der Waals surface area contributed by atoms with E-state index in [0.29, 0.717) is 13.2 Å². The topological polar surface area (TPSA) is 51.5 Å². The molecule has 0 atom stereocenters. The average molecular weight is 234 g/mol. The van der Waals surface area contributed by atoms with Crippen LogP contribution in [0.3, 0.4) is 0 Å². The van der Waals surface area contributed by atoms with Crippen molar-refractivity contribution in [3.8, 4) is 0 Å². The normalized spacial score (nSPS) is 11.9. The van der Waals surface area contributed by atoms with Crippen LogP contribution in [-0.2, 0) is 4.74 Å². The molecule has 2 aromatic heterocycles. The molecule has 0 amide bonds. The molecule has 0 bridgehead atoms. The van der Waals surface area contributed by atoms with Crippen molar-refractivity contribution in [2.45, 2.75) is 26.4 Å². The molecular weight excluding hydrogens is 216 g/mol. The monoisotopic (exact) mass is 234 g/mol. The molecule has 0 saturated heterocycles. The van der Waals surface area contributed by atoms with Crippen molar-refractivity contribution in [2.75, 3.05) is 18.5 Å². The highest BCUT2D eigenvalue weighted by molar-refractivity contribution is 5.66. The fourth-order valence-electron chi connectivity index (χ4n) is 1.73. The zero-order chi connectivity index (χ0) is 12.3.